The standard InChI is InChI=1S/C18H18N2O3S/c1-14(10-18(21)17-8-3-2-4-9-17)20-24(22,23)13-16-7-5-6-15(11-16)12-19/h2-9,11,14,20H,10,13H2,1H3/t14-/m0/s1. The highest BCUT2D eigenvalue weighted by Gasteiger charge is 2.18. The molecule has 24 heavy (non-hydrogen) atoms. The molecule has 0 aliphatic heterocycles. The van der Waals surface area contributed by atoms with Crippen LogP contribution in [-0.4, -0.2) is 20.2 Å². The third-order valence-electron chi connectivity index (χ3n) is 3.38. The lowest BCUT2D eigenvalue weighted by Crippen LogP contribution is -2.35. The van der Waals surface area contributed by atoms with Crippen molar-refractivity contribution in [2.24, 2.45) is 0 Å². The van der Waals surface area contributed by atoms with Gasteiger partial charge in [0.25, 0.3) is 0 Å². The Kier molecular flexibility index (Phi) is 5.85. The van der Waals surface area contributed by atoms with Crippen LogP contribution in [0.25, 0.3) is 0 Å². The van der Waals surface area contributed by atoms with E-state index in [0.717, 1.165) is 0 Å². The Balaban J connectivity index is 1.98. The van der Waals surface area contributed by atoms with Gasteiger partial charge in [0, 0.05) is 18.0 Å². The van der Waals surface area contributed by atoms with E-state index >= 15 is 0 Å². The average molecular weight is 342 g/mol. The van der Waals surface area contributed by atoms with Gasteiger partial charge in [0.2, 0.25) is 10.0 Å². The van der Waals surface area contributed by atoms with Gasteiger partial charge in [-0.15, -0.1) is 0 Å². The molecule has 0 saturated heterocycles. The van der Waals surface area contributed by atoms with E-state index in [1.807, 2.05) is 12.1 Å². The highest BCUT2D eigenvalue weighted by Crippen LogP contribution is 2.10. The van der Waals surface area contributed by atoms with Crippen LogP contribution in [0.4, 0.5) is 0 Å². The smallest absolute Gasteiger partial charge is 0.216 e. The first-order valence-electron chi connectivity index (χ1n) is 7.47. The summed E-state index contributed by atoms with van der Waals surface area (Å²) < 4.78 is 27.0. The van der Waals surface area contributed by atoms with Gasteiger partial charge >= 0.3 is 0 Å². The fourth-order valence-electron chi connectivity index (χ4n) is 2.36. The van der Waals surface area contributed by atoms with Crippen LogP contribution >= 0.6 is 0 Å². The lowest BCUT2D eigenvalue weighted by atomic mass is 10.1. The van der Waals surface area contributed by atoms with Crippen LogP contribution in [0.15, 0.2) is 54.6 Å². The van der Waals surface area contributed by atoms with Gasteiger partial charge < -0.3 is 0 Å². The number of hydrogen-bond donors (Lipinski definition) is 1. The Morgan fingerprint density at radius 1 is 1.17 bits per heavy atom. The number of carbonyl (C=O) groups excluding carboxylic acids is 1. The topological polar surface area (TPSA) is 87.0 Å². The second-order valence-corrected chi connectivity index (χ2v) is 7.34. The summed E-state index contributed by atoms with van der Waals surface area (Å²) in [7, 11) is -3.60. The van der Waals surface area contributed by atoms with Gasteiger partial charge in [-0.05, 0) is 24.6 Å². The molecule has 0 aliphatic rings. The summed E-state index contributed by atoms with van der Waals surface area (Å²) in [6.45, 7) is 1.66. The third-order valence-corrected chi connectivity index (χ3v) is 4.86. The van der Waals surface area contributed by atoms with Gasteiger partial charge in [-0.1, -0.05) is 42.5 Å². The molecule has 0 radical (unpaired) electrons. The average Bonchev–Trinajstić information content (AvgIpc) is 2.54. The molecular formula is C18H18N2O3S. The van der Waals surface area contributed by atoms with E-state index in [1.165, 1.54) is 0 Å². The Hall–Kier alpha value is -2.49. The van der Waals surface area contributed by atoms with Gasteiger partial charge in [0.15, 0.2) is 5.78 Å². The molecule has 2 rings (SSSR count). The number of nitriles is 1. The Labute approximate surface area is 142 Å². The normalized spacial score (nSPS) is 12.3. The summed E-state index contributed by atoms with van der Waals surface area (Å²) in [5, 5.41) is 8.86. The van der Waals surface area contributed by atoms with E-state index in [0.29, 0.717) is 16.7 Å². The zero-order chi connectivity index (χ0) is 17.6. The fourth-order valence-corrected chi connectivity index (χ4v) is 3.76. The molecule has 0 amide bonds. The number of carbonyl (C=O) groups is 1. The summed E-state index contributed by atoms with van der Waals surface area (Å²) in [5.41, 5.74) is 1.50. The van der Waals surface area contributed by atoms with Gasteiger partial charge in [-0.3, -0.25) is 4.79 Å². The van der Waals surface area contributed by atoms with E-state index in [4.69, 9.17) is 5.26 Å². The second-order valence-electron chi connectivity index (χ2n) is 5.58. The molecule has 124 valence electrons. The molecule has 0 unspecified atom stereocenters. The molecule has 6 heteroatoms. The number of nitrogens with zero attached hydrogens (tertiary/aromatic N) is 1. The molecule has 0 saturated carbocycles. The molecule has 0 spiro atoms. The van der Waals surface area contributed by atoms with Crippen LogP contribution in [0.5, 0.6) is 0 Å². The molecule has 0 fully saturated rings. The van der Waals surface area contributed by atoms with Gasteiger partial charge in [0.1, 0.15) is 0 Å². The summed E-state index contributed by atoms with van der Waals surface area (Å²) >= 11 is 0. The summed E-state index contributed by atoms with van der Waals surface area (Å²) in [6.07, 6.45) is 0.0848. The number of rotatable bonds is 7. The van der Waals surface area contributed by atoms with Crippen LogP contribution in [0, 0.1) is 11.3 Å². The van der Waals surface area contributed by atoms with Crippen LogP contribution in [0.3, 0.4) is 0 Å². The van der Waals surface area contributed by atoms with Crippen molar-refractivity contribution in [3.63, 3.8) is 0 Å². The monoisotopic (exact) mass is 342 g/mol. The number of ketones is 1. The van der Waals surface area contributed by atoms with Gasteiger partial charge in [0.05, 0.1) is 17.4 Å². The van der Waals surface area contributed by atoms with Crippen molar-refractivity contribution < 1.29 is 13.2 Å². The van der Waals surface area contributed by atoms with Crippen LogP contribution in [-0.2, 0) is 15.8 Å². The molecule has 1 N–H and O–H groups in total. The van der Waals surface area contributed by atoms with Crippen molar-refractivity contribution >= 4 is 15.8 Å². The molecule has 2 aromatic rings. The maximum absolute atomic E-state index is 12.2. The number of hydrogen-bond acceptors (Lipinski definition) is 4. The fraction of sp³-hybridized carbons (Fsp3) is 0.222. The van der Waals surface area contributed by atoms with E-state index < -0.39 is 16.1 Å². The summed E-state index contributed by atoms with van der Waals surface area (Å²) in [6, 6.07) is 16.7. The van der Waals surface area contributed by atoms with Crippen LogP contribution in [0.2, 0.25) is 0 Å². The molecule has 0 aromatic heterocycles. The second kappa shape index (κ2) is 7.86. The van der Waals surface area contributed by atoms with E-state index in [1.54, 1.807) is 55.5 Å². The molecule has 0 aliphatic carbocycles. The predicted molar refractivity (Wildman–Crippen MR) is 91.8 cm³/mol. The van der Waals surface area contributed by atoms with Crippen molar-refractivity contribution in [3.05, 3.63) is 71.3 Å². The minimum absolute atomic E-state index is 0.0848. The first-order chi connectivity index (χ1) is 11.4. The number of Topliss-reactive ketones (excluding diaryl/α,β-unsaturated/α-hetero) is 1. The lowest BCUT2D eigenvalue weighted by Gasteiger charge is -2.14. The number of nitrogens with one attached hydrogen (secondary N) is 1. The predicted octanol–water partition coefficient (Wildman–Crippen LogP) is 2.64. The van der Waals surface area contributed by atoms with Gasteiger partial charge in [-0.25, -0.2) is 13.1 Å². The SMILES string of the molecule is C[C@@H](CC(=O)c1ccccc1)NS(=O)(=O)Cc1cccc(C#N)c1. The van der Waals surface area contributed by atoms with Crippen LogP contribution in [0.1, 0.15) is 34.8 Å². The van der Waals surface area contributed by atoms with Crippen molar-refractivity contribution in [2.75, 3.05) is 0 Å². The van der Waals surface area contributed by atoms with E-state index in [9.17, 15) is 13.2 Å². The Bertz CT molecular complexity index is 855. The molecule has 0 bridgehead atoms. The third kappa shape index (κ3) is 5.30. The highest BCUT2D eigenvalue weighted by molar-refractivity contribution is 7.88. The molecule has 5 nitrogen and oxygen atoms in total. The first-order valence-corrected chi connectivity index (χ1v) is 9.12. The van der Waals surface area contributed by atoms with E-state index in [-0.39, 0.29) is 18.0 Å². The number of sulfonamides is 1. The first kappa shape index (κ1) is 17.9. The Morgan fingerprint density at radius 3 is 2.54 bits per heavy atom. The van der Waals surface area contributed by atoms with Crippen molar-refractivity contribution in [1.82, 2.24) is 4.72 Å². The number of benzene rings is 2. The summed E-state index contributed by atoms with van der Waals surface area (Å²) in [4.78, 5) is 12.1. The minimum atomic E-state index is -3.60. The van der Waals surface area contributed by atoms with Crippen molar-refractivity contribution in [3.8, 4) is 6.07 Å². The highest BCUT2D eigenvalue weighted by atomic mass is 32.2. The molecular weight excluding hydrogens is 324 g/mol. The van der Waals surface area contributed by atoms with E-state index in [2.05, 4.69) is 4.72 Å². The lowest BCUT2D eigenvalue weighted by molar-refractivity contribution is 0.0975. The minimum Gasteiger partial charge on any atom is -0.294 e. The van der Waals surface area contributed by atoms with Crippen molar-refractivity contribution in [2.45, 2.75) is 25.1 Å². The Morgan fingerprint density at radius 2 is 1.88 bits per heavy atom. The van der Waals surface area contributed by atoms with Crippen LogP contribution < -0.4 is 4.72 Å². The molecule has 1 atom stereocenters. The zero-order valence-corrected chi connectivity index (χ0v) is 14.1. The van der Waals surface area contributed by atoms with Crippen molar-refractivity contribution in [1.29, 1.82) is 5.26 Å². The van der Waals surface area contributed by atoms with Gasteiger partial charge in [-0.2, -0.15) is 5.26 Å². The zero-order valence-electron chi connectivity index (χ0n) is 13.3. The summed E-state index contributed by atoms with van der Waals surface area (Å²) in [5.74, 6) is -0.343. The maximum atomic E-state index is 12.2. The molecule has 0 heterocycles. The maximum Gasteiger partial charge on any atom is 0.216 e. The largest absolute Gasteiger partial charge is 0.294 e. The molecule has 2 aromatic carbocycles. The quantitative estimate of drug-likeness (QED) is 0.784.